The van der Waals surface area contributed by atoms with Crippen LogP contribution < -0.4 is 10.2 Å². The van der Waals surface area contributed by atoms with Crippen molar-refractivity contribution in [2.75, 3.05) is 16.8 Å². The number of anilines is 2. The van der Waals surface area contributed by atoms with Gasteiger partial charge in [0.05, 0.1) is 5.92 Å². The molecule has 1 unspecified atom stereocenters. The number of amides is 2. The Labute approximate surface area is 171 Å². The zero-order valence-electron chi connectivity index (χ0n) is 15.9. The normalized spacial score (nSPS) is 16.6. The Balaban J connectivity index is 1.41. The molecule has 0 spiro atoms. The first kappa shape index (κ1) is 19.1. The summed E-state index contributed by atoms with van der Waals surface area (Å²) in [7, 11) is 0. The largest absolute Gasteiger partial charge is 0.401 e. The van der Waals surface area contributed by atoms with E-state index in [1.165, 1.54) is 0 Å². The minimum atomic E-state index is -0.520. The molecule has 10 heteroatoms. The molecule has 0 bridgehead atoms. The van der Waals surface area contributed by atoms with Crippen LogP contribution in [0.5, 0.6) is 0 Å². The van der Waals surface area contributed by atoms with Gasteiger partial charge < -0.3 is 9.32 Å². The molecule has 0 radical (unpaired) electrons. The molecule has 2 aromatic heterocycles. The van der Waals surface area contributed by atoms with Crippen LogP contribution in [0.4, 0.5) is 11.7 Å². The lowest BCUT2D eigenvalue weighted by Gasteiger charge is -2.16. The summed E-state index contributed by atoms with van der Waals surface area (Å²) in [5.74, 6) is -0.783. The van der Waals surface area contributed by atoms with Gasteiger partial charge in [-0.15, -0.1) is 5.10 Å². The van der Waals surface area contributed by atoms with Crippen molar-refractivity contribution in [2.45, 2.75) is 26.3 Å². The van der Waals surface area contributed by atoms with Gasteiger partial charge in [-0.1, -0.05) is 16.7 Å². The van der Waals surface area contributed by atoms with Crippen LogP contribution in [0.15, 0.2) is 40.9 Å². The Hall–Kier alpha value is -3.20. The first-order valence-electron chi connectivity index (χ1n) is 9.16. The Morgan fingerprint density at radius 1 is 1.24 bits per heavy atom. The SMILES string of the molecule is CC(C)n1ccc(-c2nnc(NC(=O)C3CC(=O)N(c4ccc(Cl)cc4)C3)o2)n1. The van der Waals surface area contributed by atoms with E-state index >= 15 is 0 Å². The van der Waals surface area contributed by atoms with E-state index in [2.05, 4.69) is 20.6 Å². The van der Waals surface area contributed by atoms with Crippen molar-refractivity contribution in [2.24, 2.45) is 5.92 Å². The van der Waals surface area contributed by atoms with Crippen molar-refractivity contribution in [1.82, 2.24) is 20.0 Å². The maximum Gasteiger partial charge on any atom is 0.322 e. The van der Waals surface area contributed by atoms with E-state index in [0.29, 0.717) is 16.4 Å². The van der Waals surface area contributed by atoms with E-state index in [1.54, 1.807) is 39.9 Å². The molecule has 0 aliphatic carbocycles. The molecule has 4 rings (SSSR count). The number of carbonyl (C=O) groups excluding carboxylic acids is 2. The molecule has 9 nitrogen and oxygen atoms in total. The summed E-state index contributed by atoms with van der Waals surface area (Å²) in [4.78, 5) is 26.5. The number of nitrogens with zero attached hydrogens (tertiary/aromatic N) is 5. The van der Waals surface area contributed by atoms with E-state index in [4.69, 9.17) is 16.0 Å². The van der Waals surface area contributed by atoms with E-state index in [0.717, 1.165) is 0 Å². The number of rotatable bonds is 5. The van der Waals surface area contributed by atoms with Gasteiger partial charge in [0.1, 0.15) is 5.69 Å². The molecule has 1 aliphatic heterocycles. The summed E-state index contributed by atoms with van der Waals surface area (Å²) in [5, 5.41) is 15.3. The van der Waals surface area contributed by atoms with Crippen molar-refractivity contribution in [1.29, 1.82) is 0 Å². The smallest absolute Gasteiger partial charge is 0.322 e. The van der Waals surface area contributed by atoms with Gasteiger partial charge in [0.15, 0.2) is 0 Å². The third kappa shape index (κ3) is 4.00. The van der Waals surface area contributed by atoms with Crippen molar-refractivity contribution in [3.05, 3.63) is 41.6 Å². The lowest BCUT2D eigenvalue weighted by molar-refractivity contribution is -0.122. The molecule has 1 aromatic carbocycles. The zero-order chi connectivity index (χ0) is 20.5. The predicted octanol–water partition coefficient (Wildman–Crippen LogP) is 3.16. The first-order chi connectivity index (χ1) is 13.9. The maximum atomic E-state index is 12.6. The summed E-state index contributed by atoms with van der Waals surface area (Å²) in [6.07, 6.45) is 1.92. The molecule has 2 amide bonds. The van der Waals surface area contributed by atoms with Gasteiger partial charge in [0.2, 0.25) is 11.8 Å². The maximum absolute atomic E-state index is 12.6. The van der Waals surface area contributed by atoms with E-state index < -0.39 is 5.92 Å². The number of aromatic nitrogens is 4. The Morgan fingerprint density at radius 2 is 2.00 bits per heavy atom. The lowest BCUT2D eigenvalue weighted by atomic mass is 10.1. The molecular formula is C19H19ClN6O3. The fourth-order valence-corrected chi connectivity index (χ4v) is 3.20. The molecule has 3 aromatic rings. The van der Waals surface area contributed by atoms with Crippen LogP contribution >= 0.6 is 11.6 Å². The molecule has 150 valence electrons. The van der Waals surface area contributed by atoms with Crippen molar-refractivity contribution in [3.63, 3.8) is 0 Å². The summed E-state index contributed by atoms with van der Waals surface area (Å²) >= 11 is 5.89. The van der Waals surface area contributed by atoms with Crippen molar-refractivity contribution in [3.8, 4) is 11.6 Å². The fourth-order valence-electron chi connectivity index (χ4n) is 3.08. The summed E-state index contributed by atoms with van der Waals surface area (Å²) in [5.41, 5.74) is 1.23. The Kier molecular flexibility index (Phi) is 5.06. The van der Waals surface area contributed by atoms with Gasteiger partial charge in [-0.2, -0.15) is 5.10 Å². The van der Waals surface area contributed by atoms with Gasteiger partial charge in [0.25, 0.3) is 5.89 Å². The third-order valence-corrected chi connectivity index (χ3v) is 4.90. The summed E-state index contributed by atoms with van der Waals surface area (Å²) < 4.78 is 7.27. The average molecular weight is 415 g/mol. The topological polar surface area (TPSA) is 106 Å². The number of hydrogen-bond donors (Lipinski definition) is 1. The van der Waals surface area contributed by atoms with Crippen LogP contribution in [0.3, 0.4) is 0 Å². The summed E-state index contributed by atoms with van der Waals surface area (Å²) in [6.45, 7) is 4.28. The van der Waals surface area contributed by atoms with Crippen LogP contribution in [0.2, 0.25) is 5.02 Å². The summed E-state index contributed by atoms with van der Waals surface area (Å²) in [6, 6.07) is 8.85. The molecule has 3 heterocycles. The minimum Gasteiger partial charge on any atom is -0.401 e. The highest BCUT2D eigenvalue weighted by molar-refractivity contribution is 6.30. The highest BCUT2D eigenvalue weighted by Gasteiger charge is 2.35. The Morgan fingerprint density at radius 3 is 2.69 bits per heavy atom. The molecule has 29 heavy (non-hydrogen) atoms. The van der Waals surface area contributed by atoms with Crippen molar-refractivity contribution < 1.29 is 14.0 Å². The molecule has 1 fully saturated rings. The van der Waals surface area contributed by atoms with E-state index in [1.807, 2.05) is 20.0 Å². The van der Waals surface area contributed by atoms with Crippen LogP contribution in [0.25, 0.3) is 11.6 Å². The molecule has 1 atom stereocenters. The monoisotopic (exact) mass is 414 g/mol. The molecule has 0 saturated carbocycles. The number of hydrogen-bond acceptors (Lipinski definition) is 6. The van der Waals surface area contributed by atoms with Gasteiger partial charge >= 0.3 is 6.01 Å². The zero-order valence-corrected chi connectivity index (χ0v) is 16.6. The second kappa shape index (κ2) is 7.67. The van der Waals surface area contributed by atoms with Gasteiger partial charge in [-0.3, -0.25) is 19.6 Å². The van der Waals surface area contributed by atoms with Gasteiger partial charge in [0, 0.05) is 35.9 Å². The molecule has 1 saturated heterocycles. The second-order valence-corrected chi connectivity index (χ2v) is 7.49. The Bertz CT molecular complexity index is 1040. The van der Waals surface area contributed by atoms with Crippen LogP contribution in [-0.2, 0) is 9.59 Å². The number of benzene rings is 1. The predicted molar refractivity (Wildman–Crippen MR) is 106 cm³/mol. The second-order valence-electron chi connectivity index (χ2n) is 7.06. The highest BCUT2D eigenvalue weighted by Crippen LogP contribution is 2.27. The number of nitrogens with one attached hydrogen (secondary N) is 1. The quantitative estimate of drug-likeness (QED) is 0.687. The van der Waals surface area contributed by atoms with E-state index in [9.17, 15) is 9.59 Å². The third-order valence-electron chi connectivity index (χ3n) is 4.65. The fraction of sp³-hybridized carbons (Fsp3) is 0.316. The molecular weight excluding hydrogens is 396 g/mol. The minimum absolute atomic E-state index is 0.0264. The lowest BCUT2D eigenvalue weighted by Crippen LogP contribution is -2.28. The van der Waals surface area contributed by atoms with Crippen molar-refractivity contribution >= 4 is 35.1 Å². The standard InChI is InChI=1S/C19H19ClN6O3/c1-11(2)26-8-7-15(24-26)18-22-23-19(29-18)21-17(28)12-9-16(27)25(10-12)14-5-3-13(20)4-6-14/h3-8,11-12H,9-10H2,1-2H3,(H,21,23,28). The van der Waals surface area contributed by atoms with Gasteiger partial charge in [-0.05, 0) is 44.2 Å². The van der Waals surface area contributed by atoms with Crippen LogP contribution in [-0.4, -0.2) is 38.3 Å². The average Bonchev–Trinajstić information content (AvgIpc) is 3.41. The van der Waals surface area contributed by atoms with Crippen LogP contribution in [0.1, 0.15) is 26.3 Å². The molecule has 1 N–H and O–H groups in total. The number of halogens is 1. The molecule has 1 aliphatic rings. The van der Waals surface area contributed by atoms with E-state index in [-0.39, 0.29) is 42.7 Å². The van der Waals surface area contributed by atoms with Crippen LogP contribution in [0, 0.1) is 5.92 Å². The highest BCUT2D eigenvalue weighted by atomic mass is 35.5. The van der Waals surface area contributed by atoms with Gasteiger partial charge in [-0.25, -0.2) is 0 Å². The first-order valence-corrected chi connectivity index (χ1v) is 9.54. The number of carbonyl (C=O) groups is 2.